The molecular formula is C19H22N6O2. The molecule has 27 heavy (non-hydrogen) atoms. The van der Waals surface area contributed by atoms with Gasteiger partial charge in [-0.2, -0.15) is 0 Å². The van der Waals surface area contributed by atoms with Crippen molar-refractivity contribution >= 4 is 28.7 Å². The van der Waals surface area contributed by atoms with Crippen LogP contribution in [0.3, 0.4) is 0 Å². The number of amides is 3. The Morgan fingerprint density at radius 2 is 1.85 bits per heavy atom. The van der Waals surface area contributed by atoms with Crippen LogP contribution in [-0.4, -0.2) is 52.5 Å². The van der Waals surface area contributed by atoms with Gasteiger partial charge in [0.05, 0.1) is 12.1 Å². The van der Waals surface area contributed by atoms with Crippen molar-refractivity contribution in [2.75, 3.05) is 26.0 Å². The van der Waals surface area contributed by atoms with Crippen LogP contribution in [-0.2, 0) is 6.54 Å². The van der Waals surface area contributed by atoms with E-state index in [0.717, 1.165) is 16.8 Å². The second kappa shape index (κ2) is 7.86. The fourth-order valence-electron chi connectivity index (χ4n) is 2.62. The third-order valence-electron chi connectivity index (χ3n) is 4.09. The maximum Gasteiger partial charge on any atom is 0.319 e. The molecular weight excluding hydrogens is 344 g/mol. The highest BCUT2D eigenvalue weighted by Gasteiger charge is 2.11. The van der Waals surface area contributed by atoms with Crippen molar-refractivity contribution < 1.29 is 9.59 Å². The third kappa shape index (κ3) is 4.41. The molecule has 3 aromatic rings. The molecule has 0 radical (unpaired) electrons. The Morgan fingerprint density at radius 3 is 2.56 bits per heavy atom. The summed E-state index contributed by atoms with van der Waals surface area (Å²) < 4.78 is 1.70. The van der Waals surface area contributed by atoms with Crippen LogP contribution in [0.15, 0.2) is 42.5 Å². The standard InChI is InChI=1S/C19H22N6O2/c1-13-4-7-15(8-5-13)21-19(27)20-10-11-25-17-9-6-14(18(26)24(2)3)12-16(17)22-23-25/h4-9,12H,10-11H2,1-3H3,(H2,20,21,27). The van der Waals surface area contributed by atoms with Crippen molar-refractivity contribution in [1.82, 2.24) is 25.2 Å². The zero-order valence-electron chi connectivity index (χ0n) is 15.6. The number of nitrogens with one attached hydrogen (secondary N) is 2. The number of aromatic nitrogens is 3. The molecule has 3 amide bonds. The first kappa shape index (κ1) is 18.4. The first-order chi connectivity index (χ1) is 12.9. The Labute approximate surface area is 157 Å². The molecule has 2 N–H and O–H groups in total. The van der Waals surface area contributed by atoms with Crippen LogP contribution in [0.5, 0.6) is 0 Å². The Bertz CT molecular complexity index is 962. The van der Waals surface area contributed by atoms with Crippen LogP contribution < -0.4 is 10.6 Å². The summed E-state index contributed by atoms with van der Waals surface area (Å²) in [4.78, 5) is 25.5. The fourth-order valence-corrected chi connectivity index (χ4v) is 2.62. The molecule has 0 aliphatic carbocycles. The van der Waals surface area contributed by atoms with E-state index in [-0.39, 0.29) is 11.9 Å². The quantitative estimate of drug-likeness (QED) is 0.724. The molecule has 3 rings (SSSR count). The van der Waals surface area contributed by atoms with E-state index in [9.17, 15) is 9.59 Å². The van der Waals surface area contributed by atoms with Gasteiger partial charge in [-0.1, -0.05) is 22.9 Å². The van der Waals surface area contributed by atoms with Crippen molar-refractivity contribution in [2.45, 2.75) is 13.5 Å². The highest BCUT2D eigenvalue weighted by Crippen LogP contribution is 2.14. The van der Waals surface area contributed by atoms with E-state index in [1.807, 2.05) is 37.3 Å². The van der Waals surface area contributed by atoms with E-state index in [1.165, 1.54) is 4.90 Å². The van der Waals surface area contributed by atoms with E-state index in [0.29, 0.717) is 24.2 Å². The van der Waals surface area contributed by atoms with Gasteiger partial charge in [-0.05, 0) is 37.3 Å². The van der Waals surface area contributed by atoms with Crippen LogP contribution in [0.1, 0.15) is 15.9 Å². The predicted octanol–water partition coefficient (Wildman–Crippen LogP) is 2.26. The van der Waals surface area contributed by atoms with Gasteiger partial charge in [0.15, 0.2) is 0 Å². The summed E-state index contributed by atoms with van der Waals surface area (Å²) >= 11 is 0. The zero-order chi connectivity index (χ0) is 19.4. The van der Waals surface area contributed by atoms with Crippen molar-refractivity contribution in [3.8, 4) is 0 Å². The summed E-state index contributed by atoms with van der Waals surface area (Å²) in [5, 5.41) is 13.8. The molecule has 0 aliphatic rings. The maximum atomic E-state index is 12.0. The fraction of sp³-hybridized carbons (Fsp3) is 0.263. The number of nitrogens with zero attached hydrogens (tertiary/aromatic N) is 4. The van der Waals surface area contributed by atoms with Crippen LogP contribution >= 0.6 is 0 Å². The second-order valence-corrected chi connectivity index (χ2v) is 6.46. The smallest absolute Gasteiger partial charge is 0.319 e. The number of carbonyl (C=O) groups excluding carboxylic acids is 2. The summed E-state index contributed by atoms with van der Waals surface area (Å²) in [5.41, 5.74) is 3.89. The Morgan fingerprint density at radius 1 is 1.11 bits per heavy atom. The van der Waals surface area contributed by atoms with Crippen molar-refractivity contribution in [3.63, 3.8) is 0 Å². The monoisotopic (exact) mass is 366 g/mol. The molecule has 0 atom stereocenters. The lowest BCUT2D eigenvalue weighted by Crippen LogP contribution is -2.31. The minimum atomic E-state index is -0.276. The molecule has 0 saturated carbocycles. The molecule has 8 heteroatoms. The first-order valence-corrected chi connectivity index (χ1v) is 8.60. The number of carbonyl (C=O) groups is 2. The van der Waals surface area contributed by atoms with Crippen molar-refractivity contribution in [2.24, 2.45) is 0 Å². The molecule has 140 valence electrons. The average Bonchev–Trinajstić information content (AvgIpc) is 3.05. The highest BCUT2D eigenvalue weighted by molar-refractivity contribution is 5.97. The minimum absolute atomic E-state index is 0.0825. The molecule has 0 fully saturated rings. The van der Waals surface area contributed by atoms with Gasteiger partial charge >= 0.3 is 6.03 Å². The maximum absolute atomic E-state index is 12.0. The normalized spacial score (nSPS) is 10.6. The molecule has 0 aliphatic heterocycles. The van der Waals surface area contributed by atoms with E-state index >= 15 is 0 Å². The summed E-state index contributed by atoms with van der Waals surface area (Å²) in [5.74, 6) is -0.0825. The van der Waals surface area contributed by atoms with Gasteiger partial charge in [-0.25, -0.2) is 9.48 Å². The lowest BCUT2D eigenvalue weighted by molar-refractivity contribution is 0.0827. The van der Waals surface area contributed by atoms with Gasteiger partial charge in [0, 0.05) is 31.9 Å². The van der Waals surface area contributed by atoms with Gasteiger partial charge in [-0.15, -0.1) is 5.10 Å². The molecule has 2 aromatic carbocycles. The van der Waals surface area contributed by atoms with Crippen LogP contribution in [0, 0.1) is 6.92 Å². The van der Waals surface area contributed by atoms with Gasteiger partial charge in [0.1, 0.15) is 5.52 Å². The van der Waals surface area contributed by atoms with Crippen LogP contribution in [0.2, 0.25) is 0 Å². The van der Waals surface area contributed by atoms with E-state index in [1.54, 1.807) is 30.9 Å². The number of benzene rings is 2. The molecule has 1 heterocycles. The van der Waals surface area contributed by atoms with E-state index in [2.05, 4.69) is 20.9 Å². The number of aryl methyl sites for hydroxylation is 1. The van der Waals surface area contributed by atoms with Gasteiger partial charge < -0.3 is 15.5 Å². The Hall–Kier alpha value is -3.42. The van der Waals surface area contributed by atoms with Gasteiger partial charge in [0.2, 0.25) is 0 Å². The van der Waals surface area contributed by atoms with Crippen molar-refractivity contribution in [3.05, 3.63) is 53.6 Å². The van der Waals surface area contributed by atoms with E-state index < -0.39 is 0 Å². The second-order valence-electron chi connectivity index (χ2n) is 6.46. The molecule has 1 aromatic heterocycles. The summed E-state index contributed by atoms with van der Waals surface area (Å²) in [6.07, 6.45) is 0. The molecule has 0 bridgehead atoms. The largest absolute Gasteiger partial charge is 0.345 e. The minimum Gasteiger partial charge on any atom is -0.345 e. The summed E-state index contributed by atoms with van der Waals surface area (Å²) in [6, 6.07) is 12.6. The number of urea groups is 1. The number of hydrogen-bond acceptors (Lipinski definition) is 4. The first-order valence-electron chi connectivity index (χ1n) is 8.60. The molecule has 0 saturated heterocycles. The third-order valence-corrected chi connectivity index (χ3v) is 4.09. The lowest BCUT2D eigenvalue weighted by Gasteiger charge is -2.10. The zero-order valence-corrected chi connectivity index (χ0v) is 15.6. The molecule has 8 nitrogen and oxygen atoms in total. The van der Waals surface area contributed by atoms with Crippen LogP contribution in [0.25, 0.3) is 11.0 Å². The van der Waals surface area contributed by atoms with E-state index in [4.69, 9.17) is 0 Å². The van der Waals surface area contributed by atoms with Crippen LogP contribution in [0.4, 0.5) is 10.5 Å². The Kier molecular flexibility index (Phi) is 5.35. The molecule has 0 spiro atoms. The Balaban J connectivity index is 1.58. The van der Waals surface area contributed by atoms with Gasteiger partial charge in [0.25, 0.3) is 5.91 Å². The summed E-state index contributed by atoms with van der Waals surface area (Å²) in [6.45, 7) is 2.86. The average molecular weight is 366 g/mol. The van der Waals surface area contributed by atoms with Crippen molar-refractivity contribution in [1.29, 1.82) is 0 Å². The predicted molar refractivity (Wildman–Crippen MR) is 104 cm³/mol. The molecule has 0 unspecified atom stereocenters. The SMILES string of the molecule is Cc1ccc(NC(=O)NCCn2nnc3cc(C(=O)N(C)C)ccc32)cc1. The topological polar surface area (TPSA) is 92.1 Å². The number of hydrogen-bond donors (Lipinski definition) is 2. The number of fused-ring (bicyclic) bond motifs is 1. The highest BCUT2D eigenvalue weighted by atomic mass is 16.2. The lowest BCUT2D eigenvalue weighted by atomic mass is 10.2. The number of rotatable bonds is 5. The van der Waals surface area contributed by atoms with Gasteiger partial charge in [-0.3, -0.25) is 4.79 Å². The summed E-state index contributed by atoms with van der Waals surface area (Å²) in [7, 11) is 3.41. The number of anilines is 1.